The molecule has 0 fully saturated rings. The van der Waals surface area contributed by atoms with Crippen molar-refractivity contribution in [3.05, 3.63) is 75.3 Å². The van der Waals surface area contributed by atoms with Crippen molar-refractivity contribution < 1.29 is 18.9 Å². The molecule has 1 atom stereocenters. The van der Waals surface area contributed by atoms with Gasteiger partial charge in [0.1, 0.15) is 11.6 Å². The molecule has 0 radical (unpaired) electrons. The quantitative estimate of drug-likeness (QED) is 0.235. The van der Waals surface area contributed by atoms with E-state index in [9.17, 15) is 24.1 Å². The molecule has 12 heteroatoms. The second kappa shape index (κ2) is 10.9. The van der Waals surface area contributed by atoms with Gasteiger partial charge in [-0.1, -0.05) is 37.7 Å². The van der Waals surface area contributed by atoms with Gasteiger partial charge in [0.05, 0.1) is 16.7 Å². The number of nitro groups is 1. The van der Waals surface area contributed by atoms with E-state index in [0.29, 0.717) is 22.2 Å². The van der Waals surface area contributed by atoms with Crippen LogP contribution in [-0.4, -0.2) is 37.7 Å². The molecule has 0 spiro atoms. The van der Waals surface area contributed by atoms with Gasteiger partial charge in [0, 0.05) is 28.9 Å². The van der Waals surface area contributed by atoms with Crippen LogP contribution < -0.4 is 10.6 Å². The average molecular weight is 487 g/mol. The number of amides is 2. The molecule has 0 aliphatic rings. The number of nitrogens with one attached hydrogen (secondary N) is 3. The minimum absolute atomic E-state index is 0.000363. The SMILES string of the molecule is Cc1c(F)cccc1NC(=O)CSc1n[nH]c([C@H](NC(=O)c2cccc([N+](=O)[O-])c2)C(C)C)n1. The number of thioether (sulfide) groups is 1. The first-order valence-electron chi connectivity index (χ1n) is 10.3. The molecule has 0 aliphatic carbocycles. The standard InChI is InChI=1S/C22H23FN6O4S/c1-12(2)19(25-21(31)14-6-4-7-15(10-14)29(32)33)20-26-22(28-27-20)34-11-18(30)24-17-9-5-8-16(23)13(17)3/h4-10,12,19H,11H2,1-3H3,(H,24,30)(H,25,31)(H,26,27,28)/t19-/m1/s1. The molecule has 2 amide bonds. The number of anilines is 1. The van der Waals surface area contributed by atoms with Gasteiger partial charge in [-0.25, -0.2) is 9.37 Å². The smallest absolute Gasteiger partial charge is 0.270 e. The maximum Gasteiger partial charge on any atom is 0.270 e. The number of nitrogens with zero attached hydrogens (tertiary/aromatic N) is 3. The van der Waals surface area contributed by atoms with Crippen LogP contribution in [0.4, 0.5) is 15.8 Å². The molecule has 3 rings (SSSR count). The highest BCUT2D eigenvalue weighted by atomic mass is 32.2. The molecule has 3 aromatic rings. The highest BCUT2D eigenvalue weighted by molar-refractivity contribution is 7.99. The largest absolute Gasteiger partial charge is 0.342 e. The Morgan fingerprint density at radius 2 is 1.97 bits per heavy atom. The number of non-ortho nitro benzene ring substituents is 1. The van der Waals surface area contributed by atoms with Crippen molar-refractivity contribution in [3.8, 4) is 0 Å². The van der Waals surface area contributed by atoms with Gasteiger partial charge in [0.2, 0.25) is 11.1 Å². The summed E-state index contributed by atoms with van der Waals surface area (Å²) >= 11 is 1.08. The van der Waals surface area contributed by atoms with Crippen molar-refractivity contribution >= 4 is 35.0 Å². The molecular formula is C22H23FN6O4S. The number of aromatic amines is 1. The van der Waals surface area contributed by atoms with E-state index in [1.165, 1.54) is 36.4 Å². The van der Waals surface area contributed by atoms with E-state index >= 15 is 0 Å². The van der Waals surface area contributed by atoms with Crippen LogP contribution >= 0.6 is 11.8 Å². The van der Waals surface area contributed by atoms with Crippen LogP contribution in [-0.2, 0) is 4.79 Å². The zero-order valence-corrected chi connectivity index (χ0v) is 19.5. The summed E-state index contributed by atoms with van der Waals surface area (Å²) < 4.78 is 13.6. The summed E-state index contributed by atoms with van der Waals surface area (Å²) in [4.78, 5) is 39.7. The van der Waals surface area contributed by atoms with Gasteiger partial charge in [-0.05, 0) is 31.0 Å². The van der Waals surface area contributed by atoms with Crippen molar-refractivity contribution in [2.75, 3.05) is 11.1 Å². The fourth-order valence-electron chi connectivity index (χ4n) is 3.06. The Bertz CT molecular complexity index is 1220. The van der Waals surface area contributed by atoms with Gasteiger partial charge in [-0.3, -0.25) is 24.8 Å². The Hall–Kier alpha value is -3.80. The molecule has 0 saturated carbocycles. The number of benzene rings is 2. The zero-order valence-electron chi connectivity index (χ0n) is 18.7. The summed E-state index contributed by atoms with van der Waals surface area (Å²) in [6.07, 6.45) is 0. The number of aromatic nitrogens is 3. The molecule has 178 valence electrons. The van der Waals surface area contributed by atoms with Crippen molar-refractivity contribution in [1.82, 2.24) is 20.5 Å². The van der Waals surface area contributed by atoms with E-state index in [2.05, 4.69) is 25.8 Å². The lowest BCUT2D eigenvalue weighted by Crippen LogP contribution is -2.32. The van der Waals surface area contributed by atoms with Crippen LogP contribution in [0, 0.1) is 28.8 Å². The van der Waals surface area contributed by atoms with Crippen molar-refractivity contribution in [3.63, 3.8) is 0 Å². The van der Waals surface area contributed by atoms with Crippen LogP contribution in [0.5, 0.6) is 0 Å². The van der Waals surface area contributed by atoms with E-state index in [1.807, 2.05) is 13.8 Å². The molecule has 2 aromatic carbocycles. The van der Waals surface area contributed by atoms with Gasteiger partial charge >= 0.3 is 0 Å². The summed E-state index contributed by atoms with van der Waals surface area (Å²) in [7, 11) is 0. The zero-order chi connectivity index (χ0) is 24.8. The third-order valence-electron chi connectivity index (χ3n) is 4.92. The van der Waals surface area contributed by atoms with E-state index in [0.717, 1.165) is 11.8 Å². The third-order valence-corrected chi connectivity index (χ3v) is 5.77. The highest BCUT2D eigenvalue weighted by Crippen LogP contribution is 2.23. The minimum Gasteiger partial charge on any atom is -0.342 e. The van der Waals surface area contributed by atoms with Crippen LogP contribution in [0.15, 0.2) is 47.6 Å². The molecular weight excluding hydrogens is 463 g/mol. The summed E-state index contributed by atoms with van der Waals surface area (Å²) in [6.45, 7) is 5.33. The normalized spacial score (nSPS) is 11.8. The molecule has 10 nitrogen and oxygen atoms in total. The first-order chi connectivity index (χ1) is 16.2. The van der Waals surface area contributed by atoms with Gasteiger partial charge in [-0.2, -0.15) is 0 Å². The first kappa shape index (κ1) is 24.8. The Kier molecular flexibility index (Phi) is 7.95. The predicted molar refractivity (Wildman–Crippen MR) is 125 cm³/mol. The van der Waals surface area contributed by atoms with Crippen LogP contribution in [0.2, 0.25) is 0 Å². The lowest BCUT2D eigenvalue weighted by molar-refractivity contribution is -0.384. The molecule has 0 unspecified atom stereocenters. The maximum atomic E-state index is 13.6. The van der Waals surface area contributed by atoms with Crippen LogP contribution in [0.25, 0.3) is 0 Å². The lowest BCUT2D eigenvalue weighted by Gasteiger charge is -2.19. The fraction of sp³-hybridized carbons (Fsp3) is 0.273. The van der Waals surface area contributed by atoms with Gasteiger partial charge in [-0.15, -0.1) is 5.10 Å². The van der Waals surface area contributed by atoms with E-state index in [1.54, 1.807) is 13.0 Å². The lowest BCUT2D eigenvalue weighted by atomic mass is 10.0. The minimum atomic E-state index is -0.567. The maximum absolute atomic E-state index is 13.6. The fourth-order valence-corrected chi connectivity index (χ4v) is 3.66. The van der Waals surface area contributed by atoms with E-state index < -0.39 is 22.7 Å². The van der Waals surface area contributed by atoms with E-state index in [-0.39, 0.29) is 28.8 Å². The molecule has 3 N–H and O–H groups in total. The Morgan fingerprint density at radius 1 is 1.24 bits per heavy atom. The number of hydrogen-bond acceptors (Lipinski definition) is 7. The van der Waals surface area contributed by atoms with Gasteiger partial charge < -0.3 is 10.6 Å². The van der Waals surface area contributed by atoms with Crippen molar-refractivity contribution in [1.29, 1.82) is 0 Å². The predicted octanol–water partition coefficient (Wildman–Crippen LogP) is 4.02. The monoisotopic (exact) mass is 486 g/mol. The molecule has 0 aliphatic heterocycles. The number of hydrogen-bond donors (Lipinski definition) is 3. The third kappa shape index (κ3) is 6.16. The number of carbonyl (C=O) groups excluding carboxylic acids is 2. The highest BCUT2D eigenvalue weighted by Gasteiger charge is 2.24. The summed E-state index contributed by atoms with van der Waals surface area (Å²) in [6, 6.07) is 9.34. The van der Waals surface area contributed by atoms with Gasteiger partial charge in [0.25, 0.3) is 11.6 Å². The van der Waals surface area contributed by atoms with Crippen molar-refractivity contribution in [2.45, 2.75) is 32.0 Å². The Balaban J connectivity index is 1.63. The first-order valence-corrected chi connectivity index (χ1v) is 11.3. The molecule has 0 bridgehead atoms. The average Bonchev–Trinajstić information content (AvgIpc) is 3.27. The second-order valence-electron chi connectivity index (χ2n) is 7.76. The number of nitro benzene ring substituents is 1. The van der Waals surface area contributed by atoms with E-state index in [4.69, 9.17) is 0 Å². The topological polar surface area (TPSA) is 143 Å². The summed E-state index contributed by atoms with van der Waals surface area (Å²) in [5.41, 5.74) is 0.711. The Labute approximate surface area is 198 Å². The van der Waals surface area contributed by atoms with Crippen LogP contribution in [0.1, 0.15) is 41.6 Å². The molecule has 34 heavy (non-hydrogen) atoms. The molecule has 0 saturated heterocycles. The number of H-pyrrole nitrogens is 1. The number of rotatable bonds is 9. The number of halogens is 1. The van der Waals surface area contributed by atoms with Gasteiger partial charge in [0.15, 0.2) is 0 Å². The summed E-state index contributed by atoms with van der Waals surface area (Å²) in [5, 5.41) is 23.6. The van der Waals surface area contributed by atoms with Crippen LogP contribution in [0.3, 0.4) is 0 Å². The van der Waals surface area contributed by atoms with Crippen molar-refractivity contribution in [2.24, 2.45) is 5.92 Å². The molecule has 1 aromatic heterocycles. The second-order valence-corrected chi connectivity index (χ2v) is 8.70. The summed E-state index contributed by atoms with van der Waals surface area (Å²) in [5.74, 6) is -0.928. The molecule has 1 heterocycles. The Morgan fingerprint density at radius 3 is 2.68 bits per heavy atom. The number of carbonyl (C=O) groups is 2.